The molecule has 0 amide bonds. The fourth-order valence-corrected chi connectivity index (χ4v) is 1.67. The van der Waals surface area contributed by atoms with Crippen molar-refractivity contribution < 1.29 is 27.4 Å². The van der Waals surface area contributed by atoms with Gasteiger partial charge in [-0.25, -0.2) is 4.39 Å². The van der Waals surface area contributed by atoms with E-state index in [9.17, 15) is 22.7 Å². The highest BCUT2D eigenvalue weighted by Gasteiger charge is 2.33. The van der Waals surface area contributed by atoms with Crippen molar-refractivity contribution in [2.75, 3.05) is 7.11 Å². The minimum atomic E-state index is -4.51. The van der Waals surface area contributed by atoms with Crippen LogP contribution in [0.25, 0.3) is 0 Å². The van der Waals surface area contributed by atoms with Gasteiger partial charge in [0.25, 0.3) is 0 Å². The number of rotatable bonds is 3. The lowest BCUT2D eigenvalue weighted by Crippen LogP contribution is -2.14. The Hall–Kier alpha value is -0.820. The first-order valence-electron chi connectivity index (χ1n) is 4.52. The summed E-state index contributed by atoms with van der Waals surface area (Å²) in [6.07, 6.45) is -7.71. The highest BCUT2D eigenvalue weighted by atomic mass is 79.9. The summed E-state index contributed by atoms with van der Waals surface area (Å²) in [6.45, 7) is 0. The van der Waals surface area contributed by atoms with Crippen LogP contribution in [0.2, 0.25) is 0 Å². The molecule has 2 nitrogen and oxygen atoms in total. The summed E-state index contributed by atoms with van der Waals surface area (Å²) in [6, 6.07) is 1.99. The van der Waals surface area contributed by atoms with Gasteiger partial charge in [0.05, 0.1) is 24.1 Å². The lowest BCUT2D eigenvalue weighted by molar-refractivity contribution is -0.154. The first-order valence-corrected chi connectivity index (χ1v) is 5.31. The number of hydrogen-bond acceptors (Lipinski definition) is 2. The second-order valence-corrected chi connectivity index (χ2v) is 4.20. The molecule has 1 aromatic rings. The molecule has 0 aliphatic carbocycles. The summed E-state index contributed by atoms with van der Waals surface area (Å²) in [5.41, 5.74) is -0.113. The van der Waals surface area contributed by atoms with Crippen molar-refractivity contribution in [1.82, 2.24) is 0 Å². The van der Waals surface area contributed by atoms with E-state index < -0.39 is 24.5 Å². The fraction of sp³-hybridized carbons (Fsp3) is 0.400. The van der Waals surface area contributed by atoms with Gasteiger partial charge in [0, 0.05) is 11.6 Å². The average molecular weight is 317 g/mol. The van der Waals surface area contributed by atoms with E-state index in [1.165, 1.54) is 7.11 Å². The van der Waals surface area contributed by atoms with E-state index >= 15 is 0 Å². The van der Waals surface area contributed by atoms with Gasteiger partial charge in [-0.3, -0.25) is 0 Å². The number of alkyl halides is 3. The molecule has 1 unspecified atom stereocenters. The second kappa shape index (κ2) is 5.22. The summed E-state index contributed by atoms with van der Waals surface area (Å²) < 4.78 is 54.2. The van der Waals surface area contributed by atoms with Gasteiger partial charge in [0.2, 0.25) is 0 Å². The van der Waals surface area contributed by atoms with Gasteiger partial charge in [-0.2, -0.15) is 13.2 Å². The molecule has 0 aromatic heterocycles. The number of hydrogen-bond donors (Lipinski definition) is 1. The van der Waals surface area contributed by atoms with Crippen LogP contribution >= 0.6 is 15.9 Å². The van der Waals surface area contributed by atoms with E-state index in [1.54, 1.807) is 0 Å². The first-order chi connectivity index (χ1) is 7.74. The minimum absolute atomic E-state index is 0.0328. The molecule has 0 fully saturated rings. The van der Waals surface area contributed by atoms with Crippen molar-refractivity contribution in [3.05, 3.63) is 28.0 Å². The summed E-state index contributed by atoms with van der Waals surface area (Å²) in [5, 5.41) is 9.44. The Morgan fingerprint density at radius 3 is 2.47 bits per heavy atom. The third-order valence-corrected chi connectivity index (χ3v) is 2.66. The van der Waals surface area contributed by atoms with Gasteiger partial charge in [-0.1, -0.05) is 0 Å². The molecule has 1 aromatic carbocycles. The van der Waals surface area contributed by atoms with Crippen LogP contribution in [0.3, 0.4) is 0 Å². The van der Waals surface area contributed by atoms with Gasteiger partial charge in [0.1, 0.15) is 11.6 Å². The Balaban J connectivity index is 3.08. The number of ether oxygens (including phenoxy) is 1. The van der Waals surface area contributed by atoms with Gasteiger partial charge in [-0.15, -0.1) is 0 Å². The molecule has 17 heavy (non-hydrogen) atoms. The van der Waals surface area contributed by atoms with Crippen LogP contribution in [0.4, 0.5) is 17.6 Å². The molecule has 1 N–H and O–H groups in total. The largest absolute Gasteiger partial charge is 0.496 e. The Labute approximate surface area is 103 Å². The molecule has 0 heterocycles. The van der Waals surface area contributed by atoms with E-state index in [4.69, 9.17) is 4.74 Å². The highest BCUT2D eigenvalue weighted by Crippen LogP contribution is 2.36. The van der Waals surface area contributed by atoms with Gasteiger partial charge in [0.15, 0.2) is 0 Å². The normalized spacial score (nSPS) is 13.6. The Bertz CT molecular complexity index is 406. The molecule has 0 bridgehead atoms. The average Bonchev–Trinajstić information content (AvgIpc) is 2.18. The smallest absolute Gasteiger partial charge is 0.391 e. The second-order valence-electron chi connectivity index (χ2n) is 3.34. The molecule has 0 aliphatic heterocycles. The molecule has 0 spiro atoms. The molecule has 0 radical (unpaired) electrons. The zero-order valence-electron chi connectivity index (χ0n) is 8.68. The molecular formula is C10H9BrF4O2. The van der Waals surface area contributed by atoms with Crippen molar-refractivity contribution >= 4 is 15.9 Å². The maximum absolute atomic E-state index is 13.1. The standard InChI is InChI=1S/C10H9BrF4O2/c1-17-9-3-7(12)6(11)2-5(9)8(16)4-10(13,14)15/h2-3,8,16H,4H2,1H3. The van der Waals surface area contributed by atoms with Gasteiger partial charge in [-0.05, 0) is 22.0 Å². The zero-order chi connectivity index (χ0) is 13.2. The fourth-order valence-electron chi connectivity index (χ4n) is 1.31. The predicted molar refractivity (Wildman–Crippen MR) is 56.3 cm³/mol. The first kappa shape index (κ1) is 14.2. The predicted octanol–water partition coefficient (Wildman–Crippen LogP) is 3.58. The van der Waals surface area contributed by atoms with Crippen molar-refractivity contribution in [3.8, 4) is 5.75 Å². The molecular weight excluding hydrogens is 308 g/mol. The van der Waals surface area contributed by atoms with Crippen LogP contribution in [0, 0.1) is 5.82 Å². The number of aliphatic hydroxyl groups excluding tert-OH is 1. The van der Waals surface area contributed by atoms with Crippen molar-refractivity contribution in [2.24, 2.45) is 0 Å². The number of aliphatic hydroxyl groups is 1. The van der Waals surface area contributed by atoms with E-state index in [1.807, 2.05) is 0 Å². The van der Waals surface area contributed by atoms with Crippen LogP contribution in [-0.2, 0) is 0 Å². The summed E-state index contributed by atoms with van der Waals surface area (Å²) >= 11 is 2.83. The summed E-state index contributed by atoms with van der Waals surface area (Å²) in [7, 11) is 1.19. The number of methoxy groups -OCH3 is 1. The Kier molecular flexibility index (Phi) is 4.37. The van der Waals surface area contributed by atoms with E-state index in [0.717, 1.165) is 12.1 Å². The van der Waals surface area contributed by atoms with Crippen LogP contribution < -0.4 is 4.74 Å². The van der Waals surface area contributed by atoms with E-state index in [0.29, 0.717) is 0 Å². The third kappa shape index (κ3) is 3.85. The third-order valence-electron chi connectivity index (χ3n) is 2.06. The lowest BCUT2D eigenvalue weighted by atomic mass is 10.1. The molecule has 1 rings (SSSR count). The molecule has 7 heteroatoms. The van der Waals surface area contributed by atoms with Crippen molar-refractivity contribution in [1.29, 1.82) is 0 Å². The van der Waals surface area contributed by atoms with E-state index in [2.05, 4.69) is 15.9 Å². The van der Waals surface area contributed by atoms with Crippen LogP contribution in [0.1, 0.15) is 18.1 Å². The van der Waals surface area contributed by atoms with Crippen LogP contribution in [0.5, 0.6) is 5.75 Å². The van der Waals surface area contributed by atoms with Crippen LogP contribution in [0.15, 0.2) is 16.6 Å². The van der Waals surface area contributed by atoms with Crippen LogP contribution in [-0.4, -0.2) is 18.4 Å². The maximum Gasteiger partial charge on any atom is 0.391 e. The lowest BCUT2D eigenvalue weighted by Gasteiger charge is -2.17. The topological polar surface area (TPSA) is 29.5 Å². The van der Waals surface area contributed by atoms with Gasteiger partial charge < -0.3 is 9.84 Å². The highest BCUT2D eigenvalue weighted by molar-refractivity contribution is 9.10. The van der Waals surface area contributed by atoms with Gasteiger partial charge >= 0.3 is 6.18 Å². The van der Waals surface area contributed by atoms with Crippen molar-refractivity contribution in [2.45, 2.75) is 18.7 Å². The number of benzene rings is 1. The zero-order valence-corrected chi connectivity index (χ0v) is 10.3. The Morgan fingerprint density at radius 1 is 1.41 bits per heavy atom. The maximum atomic E-state index is 13.1. The summed E-state index contributed by atoms with van der Waals surface area (Å²) in [5.74, 6) is -0.799. The van der Waals surface area contributed by atoms with E-state index in [-0.39, 0.29) is 15.8 Å². The molecule has 1 atom stereocenters. The molecule has 0 saturated carbocycles. The Morgan fingerprint density at radius 2 is 2.00 bits per heavy atom. The molecule has 0 saturated heterocycles. The molecule has 0 aliphatic rings. The molecule has 96 valence electrons. The minimum Gasteiger partial charge on any atom is -0.496 e. The van der Waals surface area contributed by atoms with Crippen molar-refractivity contribution in [3.63, 3.8) is 0 Å². The SMILES string of the molecule is COc1cc(F)c(Br)cc1C(O)CC(F)(F)F. The number of halogens is 5. The quantitative estimate of drug-likeness (QED) is 0.864. The monoisotopic (exact) mass is 316 g/mol. The summed E-state index contributed by atoms with van der Waals surface area (Å²) in [4.78, 5) is 0.